The highest BCUT2D eigenvalue weighted by Crippen LogP contribution is 2.31. The van der Waals surface area contributed by atoms with Crippen molar-refractivity contribution in [1.29, 1.82) is 0 Å². The Hall–Kier alpha value is -0.340. The van der Waals surface area contributed by atoms with Crippen LogP contribution in [0.1, 0.15) is 32.1 Å². The second-order valence-electron chi connectivity index (χ2n) is 3.69. The van der Waals surface area contributed by atoms with E-state index in [1.807, 2.05) is 6.08 Å². The van der Waals surface area contributed by atoms with Crippen LogP contribution in [0.5, 0.6) is 0 Å². The zero-order chi connectivity index (χ0) is 9.52. The van der Waals surface area contributed by atoms with Crippen LogP contribution in [0.2, 0.25) is 0 Å². The lowest BCUT2D eigenvalue weighted by Crippen LogP contribution is -2.19. The van der Waals surface area contributed by atoms with E-state index in [1.54, 1.807) is 0 Å². The lowest BCUT2D eigenvalue weighted by atomic mass is 10.00. The minimum absolute atomic E-state index is 0.144. The summed E-state index contributed by atoms with van der Waals surface area (Å²) in [6.45, 7) is 4.37. The highest BCUT2D eigenvalue weighted by Gasteiger charge is 2.26. The number of allylic oxidation sites excluding steroid dienone is 1. The molecule has 1 aliphatic rings. The summed E-state index contributed by atoms with van der Waals surface area (Å²) in [5.41, 5.74) is 0. The summed E-state index contributed by atoms with van der Waals surface area (Å²) in [5, 5.41) is 8.65. The van der Waals surface area contributed by atoms with Gasteiger partial charge in [0.2, 0.25) is 0 Å². The van der Waals surface area contributed by atoms with Gasteiger partial charge in [-0.1, -0.05) is 12.5 Å². The van der Waals surface area contributed by atoms with Crippen LogP contribution >= 0.6 is 0 Å². The molecule has 1 aliphatic carbocycles. The maximum absolute atomic E-state index is 8.65. The Morgan fingerprint density at radius 2 is 2.31 bits per heavy atom. The molecule has 2 heteroatoms. The van der Waals surface area contributed by atoms with Crippen LogP contribution in [-0.4, -0.2) is 24.4 Å². The lowest BCUT2D eigenvalue weighted by Gasteiger charge is -2.18. The molecule has 0 saturated heterocycles. The Labute approximate surface area is 80.6 Å². The second-order valence-corrected chi connectivity index (χ2v) is 3.69. The number of aliphatic hydroxyl groups is 1. The van der Waals surface area contributed by atoms with Gasteiger partial charge in [-0.05, 0) is 31.6 Å². The molecule has 0 aromatic carbocycles. The Morgan fingerprint density at radius 1 is 1.46 bits per heavy atom. The van der Waals surface area contributed by atoms with E-state index < -0.39 is 0 Å². The number of ether oxygens (including phenoxy) is 1. The van der Waals surface area contributed by atoms with E-state index in [-0.39, 0.29) is 6.61 Å². The molecule has 0 aromatic rings. The lowest BCUT2D eigenvalue weighted by molar-refractivity contribution is 0.00628. The molecule has 1 saturated carbocycles. The molecule has 76 valence electrons. The van der Waals surface area contributed by atoms with Crippen LogP contribution in [0, 0.1) is 5.92 Å². The Bertz CT molecular complexity index is 145. The molecule has 2 atom stereocenters. The van der Waals surface area contributed by atoms with Gasteiger partial charge >= 0.3 is 0 Å². The summed E-state index contributed by atoms with van der Waals surface area (Å²) in [6.07, 6.45) is 8.38. The zero-order valence-corrected chi connectivity index (χ0v) is 8.24. The molecule has 0 bridgehead atoms. The Kier molecular flexibility index (Phi) is 5.09. The fraction of sp³-hybridized carbons (Fsp3) is 0.818. The SMILES string of the molecule is C=CCCC1CCCC1OCCO. The van der Waals surface area contributed by atoms with Gasteiger partial charge < -0.3 is 9.84 Å². The van der Waals surface area contributed by atoms with Crippen molar-refractivity contribution in [2.75, 3.05) is 13.2 Å². The molecule has 1 N–H and O–H groups in total. The predicted octanol–water partition coefficient (Wildman–Crippen LogP) is 2.13. The van der Waals surface area contributed by atoms with Crippen LogP contribution < -0.4 is 0 Å². The third kappa shape index (κ3) is 3.49. The van der Waals surface area contributed by atoms with E-state index >= 15 is 0 Å². The summed E-state index contributed by atoms with van der Waals surface area (Å²) in [6, 6.07) is 0. The molecule has 2 nitrogen and oxygen atoms in total. The van der Waals surface area contributed by atoms with Gasteiger partial charge in [0.05, 0.1) is 19.3 Å². The van der Waals surface area contributed by atoms with Gasteiger partial charge in [-0.15, -0.1) is 6.58 Å². The zero-order valence-electron chi connectivity index (χ0n) is 8.24. The third-order valence-electron chi connectivity index (χ3n) is 2.75. The van der Waals surface area contributed by atoms with E-state index in [2.05, 4.69) is 6.58 Å². The molecule has 13 heavy (non-hydrogen) atoms. The Morgan fingerprint density at radius 3 is 3.00 bits per heavy atom. The molecule has 0 radical (unpaired) electrons. The normalized spacial score (nSPS) is 27.8. The highest BCUT2D eigenvalue weighted by molar-refractivity contribution is 4.80. The van der Waals surface area contributed by atoms with E-state index in [0.29, 0.717) is 18.6 Å². The topological polar surface area (TPSA) is 29.5 Å². The fourth-order valence-corrected chi connectivity index (χ4v) is 2.09. The smallest absolute Gasteiger partial charge is 0.0701 e. The average Bonchev–Trinajstić information content (AvgIpc) is 2.59. The van der Waals surface area contributed by atoms with Gasteiger partial charge in [0.1, 0.15) is 0 Å². The van der Waals surface area contributed by atoms with Gasteiger partial charge in [-0.3, -0.25) is 0 Å². The van der Waals surface area contributed by atoms with Gasteiger partial charge in [0.15, 0.2) is 0 Å². The van der Waals surface area contributed by atoms with Crippen molar-refractivity contribution >= 4 is 0 Å². The number of hydrogen-bond acceptors (Lipinski definition) is 2. The van der Waals surface area contributed by atoms with Gasteiger partial charge in [0.25, 0.3) is 0 Å². The van der Waals surface area contributed by atoms with E-state index in [9.17, 15) is 0 Å². The number of rotatable bonds is 6. The molecule has 0 heterocycles. The van der Waals surface area contributed by atoms with E-state index in [0.717, 1.165) is 6.42 Å². The summed E-state index contributed by atoms with van der Waals surface area (Å²) in [5.74, 6) is 0.699. The third-order valence-corrected chi connectivity index (χ3v) is 2.75. The monoisotopic (exact) mass is 184 g/mol. The van der Waals surface area contributed by atoms with Gasteiger partial charge in [-0.25, -0.2) is 0 Å². The minimum Gasteiger partial charge on any atom is -0.394 e. The van der Waals surface area contributed by atoms with Crippen molar-refractivity contribution in [3.63, 3.8) is 0 Å². The van der Waals surface area contributed by atoms with Gasteiger partial charge in [0, 0.05) is 0 Å². The van der Waals surface area contributed by atoms with Crippen LogP contribution in [-0.2, 0) is 4.74 Å². The number of hydrogen-bond donors (Lipinski definition) is 1. The van der Waals surface area contributed by atoms with Crippen LogP contribution in [0.25, 0.3) is 0 Å². The maximum atomic E-state index is 8.65. The number of aliphatic hydroxyl groups excluding tert-OH is 1. The van der Waals surface area contributed by atoms with Crippen molar-refractivity contribution in [2.45, 2.75) is 38.2 Å². The van der Waals surface area contributed by atoms with Crippen molar-refractivity contribution < 1.29 is 9.84 Å². The highest BCUT2D eigenvalue weighted by atomic mass is 16.5. The molecule has 0 amide bonds. The first-order valence-electron chi connectivity index (χ1n) is 5.22. The van der Waals surface area contributed by atoms with Crippen LogP contribution in [0.15, 0.2) is 12.7 Å². The van der Waals surface area contributed by atoms with Crippen LogP contribution in [0.3, 0.4) is 0 Å². The summed E-state index contributed by atoms with van der Waals surface area (Å²) in [4.78, 5) is 0. The average molecular weight is 184 g/mol. The van der Waals surface area contributed by atoms with E-state index in [1.165, 1.54) is 25.7 Å². The quantitative estimate of drug-likeness (QED) is 0.641. The van der Waals surface area contributed by atoms with Crippen molar-refractivity contribution in [3.05, 3.63) is 12.7 Å². The largest absolute Gasteiger partial charge is 0.394 e. The molecule has 1 rings (SSSR count). The molecule has 2 unspecified atom stereocenters. The van der Waals surface area contributed by atoms with Crippen molar-refractivity contribution in [3.8, 4) is 0 Å². The molecule has 1 fully saturated rings. The Balaban J connectivity index is 2.21. The first kappa shape index (κ1) is 10.7. The van der Waals surface area contributed by atoms with Gasteiger partial charge in [-0.2, -0.15) is 0 Å². The second kappa shape index (κ2) is 6.17. The van der Waals surface area contributed by atoms with E-state index in [4.69, 9.17) is 9.84 Å². The molecular weight excluding hydrogens is 164 g/mol. The molecule has 0 aromatic heterocycles. The maximum Gasteiger partial charge on any atom is 0.0701 e. The summed E-state index contributed by atoms with van der Waals surface area (Å²) < 4.78 is 5.58. The first-order chi connectivity index (χ1) is 6.38. The summed E-state index contributed by atoms with van der Waals surface area (Å²) in [7, 11) is 0. The molecule has 0 spiro atoms. The van der Waals surface area contributed by atoms with Crippen molar-refractivity contribution in [1.82, 2.24) is 0 Å². The minimum atomic E-state index is 0.144. The van der Waals surface area contributed by atoms with Crippen LogP contribution in [0.4, 0.5) is 0 Å². The molecular formula is C11H20O2. The fourth-order valence-electron chi connectivity index (χ4n) is 2.09. The van der Waals surface area contributed by atoms with Crippen molar-refractivity contribution in [2.24, 2.45) is 5.92 Å². The molecule has 0 aliphatic heterocycles. The summed E-state index contributed by atoms with van der Waals surface area (Å²) >= 11 is 0. The standard InChI is InChI=1S/C11H20O2/c1-2-3-5-10-6-4-7-11(10)13-9-8-12/h2,10-12H,1,3-9H2. The first-order valence-corrected chi connectivity index (χ1v) is 5.22. The predicted molar refractivity (Wildman–Crippen MR) is 53.6 cm³/mol.